The van der Waals surface area contributed by atoms with Crippen LogP contribution in [0.15, 0.2) is 59.9 Å². The van der Waals surface area contributed by atoms with Gasteiger partial charge in [0.15, 0.2) is 11.8 Å². The van der Waals surface area contributed by atoms with Crippen LogP contribution in [0, 0.1) is 5.82 Å². The minimum Gasteiger partial charge on any atom is -0.484 e. The Balaban J connectivity index is 1.34. The van der Waals surface area contributed by atoms with Gasteiger partial charge in [-0.05, 0) is 36.4 Å². The molecule has 1 aromatic heterocycles. The summed E-state index contributed by atoms with van der Waals surface area (Å²) in [5.74, 6) is 0.901. The molecule has 2 aromatic carbocycles. The Kier molecular flexibility index (Phi) is 4.62. The molecule has 3 aromatic rings. The summed E-state index contributed by atoms with van der Waals surface area (Å²) >= 11 is 1.76. The SMILES string of the molecule is O=C(COc1ccc(F)cc1)Nc1ccc(-c2cn3c(n2)SCC3)cc1. The lowest BCUT2D eigenvalue weighted by Crippen LogP contribution is -2.20. The second-order valence-corrected chi connectivity index (χ2v) is 6.88. The number of imidazole rings is 1. The van der Waals surface area contributed by atoms with E-state index in [1.165, 1.54) is 24.3 Å². The number of hydrogen-bond acceptors (Lipinski definition) is 4. The average molecular weight is 369 g/mol. The Hall–Kier alpha value is -2.80. The summed E-state index contributed by atoms with van der Waals surface area (Å²) in [5, 5.41) is 3.82. The third-order valence-electron chi connectivity index (χ3n) is 3.95. The number of fused-ring (bicyclic) bond motifs is 1. The van der Waals surface area contributed by atoms with Crippen LogP contribution in [-0.4, -0.2) is 27.8 Å². The number of aryl methyl sites for hydroxylation is 1. The summed E-state index contributed by atoms with van der Waals surface area (Å²) in [6, 6.07) is 13.1. The van der Waals surface area contributed by atoms with Crippen molar-refractivity contribution in [3.63, 3.8) is 0 Å². The second kappa shape index (κ2) is 7.21. The van der Waals surface area contributed by atoms with Gasteiger partial charge in [-0.25, -0.2) is 9.37 Å². The van der Waals surface area contributed by atoms with Crippen molar-refractivity contribution < 1.29 is 13.9 Å². The average Bonchev–Trinajstić information content (AvgIpc) is 3.24. The standard InChI is InChI=1S/C19H16FN3O2S/c20-14-3-7-16(8-4-14)25-12-18(24)21-15-5-1-13(2-6-15)17-11-23-9-10-26-19(23)22-17/h1-8,11H,9-10,12H2,(H,21,24). The number of halogens is 1. The normalized spacial score (nSPS) is 12.7. The summed E-state index contributed by atoms with van der Waals surface area (Å²) in [5.41, 5.74) is 2.63. The van der Waals surface area contributed by atoms with Crippen molar-refractivity contribution >= 4 is 23.4 Å². The second-order valence-electron chi connectivity index (χ2n) is 5.82. The Morgan fingerprint density at radius 3 is 2.69 bits per heavy atom. The van der Waals surface area contributed by atoms with Crippen LogP contribution >= 0.6 is 11.8 Å². The molecule has 0 bridgehead atoms. The molecule has 1 N–H and O–H groups in total. The van der Waals surface area contributed by atoms with Gasteiger partial charge in [-0.2, -0.15) is 0 Å². The van der Waals surface area contributed by atoms with Crippen molar-refractivity contribution in [2.24, 2.45) is 0 Å². The third kappa shape index (κ3) is 3.72. The smallest absolute Gasteiger partial charge is 0.262 e. The van der Waals surface area contributed by atoms with Crippen molar-refractivity contribution in [3.05, 3.63) is 60.5 Å². The van der Waals surface area contributed by atoms with Crippen LogP contribution in [0.2, 0.25) is 0 Å². The molecule has 0 atom stereocenters. The minimum atomic E-state index is -0.344. The fraction of sp³-hybridized carbons (Fsp3) is 0.158. The highest BCUT2D eigenvalue weighted by atomic mass is 32.2. The number of anilines is 1. The van der Waals surface area contributed by atoms with E-state index in [-0.39, 0.29) is 18.3 Å². The predicted octanol–water partition coefficient (Wildman–Crippen LogP) is 3.81. The van der Waals surface area contributed by atoms with Crippen LogP contribution in [0.25, 0.3) is 11.3 Å². The minimum absolute atomic E-state index is 0.141. The van der Waals surface area contributed by atoms with Crippen LogP contribution in [0.5, 0.6) is 5.75 Å². The summed E-state index contributed by atoms with van der Waals surface area (Å²) in [4.78, 5) is 16.6. The van der Waals surface area contributed by atoms with Crippen molar-refractivity contribution in [3.8, 4) is 17.0 Å². The quantitative estimate of drug-likeness (QED) is 0.743. The number of carbonyl (C=O) groups excluding carboxylic acids is 1. The predicted molar refractivity (Wildman–Crippen MR) is 98.9 cm³/mol. The molecule has 4 rings (SSSR count). The van der Waals surface area contributed by atoms with E-state index in [1.807, 2.05) is 24.3 Å². The molecule has 0 radical (unpaired) electrons. The van der Waals surface area contributed by atoms with Crippen LogP contribution in [0.4, 0.5) is 10.1 Å². The van der Waals surface area contributed by atoms with Crippen molar-refractivity contribution in [2.75, 3.05) is 17.7 Å². The van der Waals surface area contributed by atoms with Gasteiger partial charge in [-0.3, -0.25) is 4.79 Å². The monoisotopic (exact) mass is 369 g/mol. The van der Waals surface area contributed by atoms with Crippen LogP contribution in [0.1, 0.15) is 0 Å². The summed E-state index contributed by atoms with van der Waals surface area (Å²) in [7, 11) is 0. The van der Waals surface area contributed by atoms with Gasteiger partial charge in [0.25, 0.3) is 5.91 Å². The molecule has 0 aliphatic carbocycles. The molecule has 2 heterocycles. The lowest BCUT2D eigenvalue weighted by atomic mass is 10.1. The summed E-state index contributed by atoms with van der Waals surface area (Å²) < 4.78 is 20.3. The van der Waals surface area contributed by atoms with E-state index >= 15 is 0 Å². The summed E-state index contributed by atoms with van der Waals surface area (Å²) in [6.45, 7) is 0.855. The zero-order valence-corrected chi connectivity index (χ0v) is 14.6. The van der Waals surface area contributed by atoms with Crippen molar-refractivity contribution in [1.82, 2.24) is 9.55 Å². The Morgan fingerprint density at radius 1 is 1.19 bits per heavy atom. The number of rotatable bonds is 5. The number of carbonyl (C=O) groups is 1. The highest BCUT2D eigenvalue weighted by molar-refractivity contribution is 7.99. The number of thioether (sulfide) groups is 1. The maximum absolute atomic E-state index is 12.8. The van der Waals surface area contributed by atoms with Crippen LogP contribution in [-0.2, 0) is 11.3 Å². The maximum Gasteiger partial charge on any atom is 0.262 e. The Labute approximate surface area is 154 Å². The Bertz CT molecular complexity index is 901. The van der Waals surface area contributed by atoms with Gasteiger partial charge in [0.05, 0.1) is 5.69 Å². The maximum atomic E-state index is 12.8. The molecule has 0 saturated heterocycles. The van der Waals surface area contributed by atoms with E-state index in [2.05, 4.69) is 21.1 Å². The van der Waals surface area contributed by atoms with E-state index in [1.54, 1.807) is 11.8 Å². The molecular formula is C19H16FN3O2S. The van der Waals surface area contributed by atoms with Gasteiger partial charge in [-0.15, -0.1) is 0 Å². The molecule has 1 amide bonds. The first-order valence-electron chi connectivity index (χ1n) is 8.16. The van der Waals surface area contributed by atoms with E-state index in [0.29, 0.717) is 11.4 Å². The molecule has 26 heavy (non-hydrogen) atoms. The summed E-state index contributed by atoms with van der Waals surface area (Å²) in [6.07, 6.45) is 2.06. The number of amides is 1. The zero-order valence-electron chi connectivity index (χ0n) is 13.8. The first-order chi connectivity index (χ1) is 12.7. The van der Waals surface area contributed by atoms with Crippen molar-refractivity contribution in [1.29, 1.82) is 0 Å². The third-order valence-corrected chi connectivity index (χ3v) is 4.92. The topological polar surface area (TPSA) is 56.1 Å². The highest BCUT2D eigenvalue weighted by Gasteiger charge is 2.15. The number of benzene rings is 2. The van der Waals surface area contributed by atoms with Crippen molar-refractivity contribution in [2.45, 2.75) is 11.7 Å². The fourth-order valence-corrected chi connectivity index (χ4v) is 3.59. The van der Waals surface area contributed by atoms with Gasteiger partial charge in [0.2, 0.25) is 0 Å². The molecule has 0 unspecified atom stereocenters. The lowest BCUT2D eigenvalue weighted by Gasteiger charge is -2.08. The van der Waals surface area contributed by atoms with Gasteiger partial charge in [-0.1, -0.05) is 23.9 Å². The molecule has 0 saturated carbocycles. The van der Waals surface area contributed by atoms with Crippen LogP contribution < -0.4 is 10.1 Å². The molecule has 5 nitrogen and oxygen atoms in total. The number of hydrogen-bond donors (Lipinski definition) is 1. The largest absolute Gasteiger partial charge is 0.484 e. The first-order valence-corrected chi connectivity index (χ1v) is 9.14. The number of nitrogens with one attached hydrogen (secondary N) is 1. The van der Waals surface area contributed by atoms with Gasteiger partial charge in [0.1, 0.15) is 11.6 Å². The molecular weight excluding hydrogens is 353 g/mol. The van der Waals surface area contributed by atoms with Gasteiger partial charge in [0, 0.05) is 29.7 Å². The molecule has 0 spiro atoms. The highest BCUT2D eigenvalue weighted by Crippen LogP contribution is 2.29. The number of ether oxygens (including phenoxy) is 1. The molecule has 132 valence electrons. The van der Waals surface area contributed by atoms with Gasteiger partial charge >= 0.3 is 0 Å². The number of nitrogens with zero attached hydrogens (tertiary/aromatic N) is 2. The van der Waals surface area contributed by atoms with Crippen LogP contribution in [0.3, 0.4) is 0 Å². The molecule has 0 fully saturated rings. The number of aromatic nitrogens is 2. The van der Waals surface area contributed by atoms with E-state index in [9.17, 15) is 9.18 Å². The van der Waals surface area contributed by atoms with Gasteiger partial charge < -0.3 is 14.6 Å². The molecule has 1 aliphatic heterocycles. The van der Waals surface area contributed by atoms with E-state index < -0.39 is 0 Å². The first kappa shape index (κ1) is 16.7. The van der Waals surface area contributed by atoms with E-state index in [4.69, 9.17) is 4.74 Å². The molecule has 7 heteroatoms. The lowest BCUT2D eigenvalue weighted by molar-refractivity contribution is -0.118. The Morgan fingerprint density at radius 2 is 1.96 bits per heavy atom. The van der Waals surface area contributed by atoms with E-state index in [0.717, 1.165) is 28.7 Å². The zero-order chi connectivity index (χ0) is 17.9. The molecule has 1 aliphatic rings. The fourth-order valence-electron chi connectivity index (χ4n) is 2.65.